The molecule has 2 rings (SSSR count). The Morgan fingerprint density at radius 3 is 2.45 bits per heavy atom. The molecule has 0 aliphatic carbocycles. The zero-order valence-electron chi connectivity index (χ0n) is 10.9. The average Bonchev–Trinajstić information content (AvgIpc) is 2.41. The molecule has 0 saturated carbocycles. The first-order valence-corrected chi connectivity index (χ1v) is 6.75. The number of hydrogen-bond acceptors (Lipinski definition) is 3. The first-order valence-electron chi connectivity index (χ1n) is 6.37. The van der Waals surface area contributed by atoms with Gasteiger partial charge < -0.3 is 21.7 Å². The van der Waals surface area contributed by atoms with Crippen molar-refractivity contribution in [2.75, 3.05) is 18.4 Å². The number of nitrogens with two attached hydrogens (primary N) is 2. The number of likely N-dealkylation sites (tertiary alicyclic amines) is 1. The van der Waals surface area contributed by atoms with Crippen molar-refractivity contribution in [3.05, 3.63) is 28.8 Å². The smallest absolute Gasteiger partial charge is 0.314 e. The van der Waals surface area contributed by atoms with Gasteiger partial charge in [0.05, 0.1) is 10.7 Å². The molecule has 3 amide bonds. The van der Waals surface area contributed by atoms with Crippen LogP contribution in [0.4, 0.5) is 10.5 Å². The van der Waals surface area contributed by atoms with Gasteiger partial charge in [-0.05, 0) is 31.0 Å². The van der Waals surface area contributed by atoms with E-state index in [1.807, 2.05) is 0 Å². The number of hydrogen-bond donors (Lipinski definition) is 3. The Kier molecular flexibility index (Phi) is 4.34. The highest BCUT2D eigenvalue weighted by atomic mass is 35.5. The first kappa shape index (κ1) is 14.5. The second kappa shape index (κ2) is 6.00. The van der Waals surface area contributed by atoms with Crippen LogP contribution in [0.15, 0.2) is 18.2 Å². The Morgan fingerprint density at radius 2 is 1.90 bits per heavy atom. The molecule has 0 radical (unpaired) electrons. The average molecular weight is 297 g/mol. The van der Waals surface area contributed by atoms with Gasteiger partial charge in [0.25, 0.3) is 0 Å². The maximum Gasteiger partial charge on any atom is 0.314 e. The molecular weight excluding hydrogens is 280 g/mol. The van der Waals surface area contributed by atoms with Crippen LogP contribution in [0.25, 0.3) is 0 Å². The summed E-state index contributed by atoms with van der Waals surface area (Å²) in [5.74, 6) is -0.492. The molecule has 0 unspecified atom stereocenters. The Bertz CT molecular complexity index is 527. The summed E-state index contributed by atoms with van der Waals surface area (Å²) >= 11 is 6.10. The number of rotatable bonds is 3. The van der Waals surface area contributed by atoms with E-state index in [0.29, 0.717) is 29.4 Å². The van der Waals surface area contributed by atoms with Crippen molar-refractivity contribution in [2.45, 2.75) is 18.9 Å². The Balaban J connectivity index is 2.02. The highest BCUT2D eigenvalue weighted by Crippen LogP contribution is 2.25. The van der Waals surface area contributed by atoms with Gasteiger partial charge in [0.1, 0.15) is 0 Å². The van der Waals surface area contributed by atoms with E-state index in [1.165, 1.54) is 0 Å². The van der Waals surface area contributed by atoms with Crippen LogP contribution in [0.1, 0.15) is 23.2 Å². The lowest BCUT2D eigenvalue weighted by molar-refractivity contribution is 0.1000. The summed E-state index contributed by atoms with van der Waals surface area (Å²) < 4.78 is 0. The van der Waals surface area contributed by atoms with Gasteiger partial charge in [-0.3, -0.25) is 4.79 Å². The molecule has 0 atom stereocenters. The predicted octanol–water partition coefficient (Wildman–Crippen LogP) is 1.39. The summed E-state index contributed by atoms with van der Waals surface area (Å²) in [5.41, 5.74) is 11.6. The van der Waals surface area contributed by atoms with E-state index in [-0.39, 0.29) is 6.04 Å². The summed E-state index contributed by atoms with van der Waals surface area (Å²) in [6.45, 7) is 1.22. The third-order valence-corrected chi connectivity index (χ3v) is 3.75. The van der Waals surface area contributed by atoms with Gasteiger partial charge in [0.2, 0.25) is 5.91 Å². The zero-order chi connectivity index (χ0) is 14.7. The van der Waals surface area contributed by atoms with Crippen molar-refractivity contribution < 1.29 is 9.59 Å². The number of carbonyl (C=O) groups excluding carboxylic acids is 2. The van der Waals surface area contributed by atoms with Gasteiger partial charge in [0.15, 0.2) is 0 Å². The molecule has 1 fully saturated rings. The van der Waals surface area contributed by atoms with Crippen molar-refractivity contribution in [1.82, 2.24) is 4.90 Å². The van der Waals surface area contributed by atoms with Crippen LogP contribution in [0.5, 0.6) is 0 Å². The second-order valence-electron chi connectivity index (χ2n) is 4.80. The van der Waals surface area contributed by atoms with Crippen LogP contribution < -0.4 is 16.8 Å². The molecule has 1 aliphatic heterocycles. The van der Waals surface area contributed by atoms with Crippen LogP contribution >= 0.6 is 11.6 Å². The number of anilines is 1. The van der Waals surface area contributed by atoms with Crippen molar-refractivity contribution in [1.29, 1.82) is 0 Å². The predicted molar refractivity (Wildman–Crippen MR) is 77.8 cm³/mol. The highest BCUT2D eigenvalue weighted by Gasteiger charge is 2.21. The third-order valence-electron chi connectivity index (χ3n) is 3.42. The summed E-state index contributed by atoms with van der Waals surface area (Å²) in [6.07, 6.45) is 1.56. The Hall–Kier alpha value is -1.95. The SMILES string of the molecule is NC(=O)c1ccc(Cl)c(NC2CCN(C(N)=O)CC2)c1. The van der Waals surface area contributed by atoms with Gasteiger partial charge in [-0.25, -0.2) is 4.79 Å². The Morgan fingerprint density at radius 1 is 1.25 bits per heavy atom. The van der Waals surface area contributed by atoms with Gasteiger partial charge in [-0.2, -0.15) is 0 Å². The first-order chi connectivity index (χ1) is 9.47. The number of carbonyl (C=O) groups is 2. The zero-order valence-corrected chi connectivity index (χ0v) is 11.7. The standard InChI is InChI=1S/C13H17ClN4O2/c14-10-2-1-8(12(15)19)7-11(10)17-9-3-5-18(6-4-9)13(16)20/h1-2,7,9,17H,3-6H2,(H2,15,19)(H2,16,20). The molecular formula is C13H17ClN4O2. The molecule has 108 valence electrons. The fraction of sp³-hybridized carbons (Fsp3) is 0.385. The van der Waals surface area contributed by atoms with Crippen LogP contribution in [0.3, 0.4) is 0 Å². The fourth-order valence-electron chi connectivity index (χ4n) is 2.25. The molecule has 0 aromatic heterocycles. The Labute approximate surface area is 122 Å². The van der Waals surface area contributed by atoms with Crippen LogP contribution in [-0.4, -0.2) is 36.0 Å². The number of benzene rings is 1. The molecule has 7 heteroatoms. The lowest BCUT2D eigenvalue weighted by atomic mass is 10.0. The maximum atomic E-state index is 11.2. The third kappa shape index (κ3) is 3.33. The number of nitrogens with one attached hydrogen (secondary N) is 1. The quantitative estimate of drug-likeness (QED) is 0.785. The van der Waals surface area contributed by atoms with E-state index in [1.54, 1.807) is 23.1 Å². The largest absolute Gasteiger partial charge is 0.381 e. The van der Waals surface area contributed by atoms with E-state index >= 15 is 0 Å². The van der Waals surface area contributed by atoms with E-state index in [2.05, 4.69) is 5.32 Å². The van der Waals surface area contributed by atoms with Crippen molar-refractivity contribution in [3.63, 3.8) is 0 Å². The lowest BCUT2D eigenvalue weighted by Gasteiger charge is -2.32. The fourth-order valence-corrected chi connectivity index (χ4v) is 2.43. The van der Waals surface area contributed by atoms with Gasteiger partial charge in [-0.1, -0.05) is 11.6 Å². The molecule has 1 aromatic rings. The van der Waals surface area contributed by atoms with E-state index in [4.69, 9.17) is 23.1 Å². The molecule has 5 N–H and O–H groups in total. The molecule has 1 saturated heterocycles. The maximum absolute atomic E-state index is 11.2. The second-order valence-corrected chi connectivity index (χ2v) is 5.21. The molecule has 6 nitrogen and oxygen atoms in total. The highest BCUT2D eigenvalue weighted by molar-refractivity contribution is 6.33. The van der Waals surface area contributed by atoms with E-state index in [9.17, 15) is 9.59 Å². The lowest BCUT2D eigenvalue weighted by Crippen LogP contribution is -2.44. The number of piperidine rings is 1. The molecule has 1 aliphatic rings. The minimum Gasteiger partial charge on any atom is -0.381 e. The molecule has 0 spiro atoms. The number of halogens is 1. The molecule has 1 heterocycles. The van der Waals surface area contributed by atoms with E-state index in [0.717, 1.165) is 12.8 Å². The van der Waals surface area contributed by atoms with E-state index < -0.39 is 11.9 Å². The van der Waals surface area contributed by atoms with Gasteiger partial charge in [-0.15, -0.1) is 0 Å². The minimum absolute atomic E-state index is 0.186. The van der Waals surface area contributed by atoms with Crippen LogP contribution in [0.2, 0.25) is 5.02 Å². The minimum atomic E-state index is -0.492. The molecule has 0 bridgehead atoms. The van der Waals surface area contributed by atoms with Crippen molar-refractivity contribution in [3.8, 4) is 0 Å². The summed E-state index contributed by atoms with van der Waals surface area (Å²) in [4.78, 5) is 23.8. The van der Waals surface area contributed by atoms with Crippen LogP contribution in [0, 0.1) is 0 Å². The number of urea groups is 1. The topological polar surface area (TPSA) is 101 Å². The summed E-state index contributed by atoms with van der Waals surface area (Å²) in [6, 6.07) is 4.67. The summed E-state index contributed by atoms with van der Waals surface area (Å²) in [5, 5.41) is 3.82. The molecule has 20 heavy (non-hydrogen) atoms. The number of amides is 3. The van der Waals surface area contributed by atoms with Gasteiger partial charge in [0, 0.05) is 24.7 Å². The van der Waals surface area contributed by atoms with Crippen molar-refractivity contribution in [2.24, 2.45) is 11.5 Å². The monoisotopic (exact) mass is 296 g/mol. The number of primary amides is 2. The normalized spacial score (nSPS) is 15.9. The van der Waals surface area contributed by atoms with Crippen molar-refractivity contribution >= 4 is 29.2 Å². The number of nitrogens with zero attached hydrogens (tertiary/aromatic N) is 1. The summed E-state index contributed by atoms with van der Waals surface area (Å²) in [7, 11) is 0. The molecule has 1 aromatic carbocycles. The van der Waals surface area contributed by atoms with Crippen LogP contribution in [-0.2, 0) is 0 Å². The van der Waals surface area contributed by atoms with Gasteiger partial charge >= 0.3 is 6.03 Å².